The van der Waals surface area contributed by atoms with Crippen molar-refractivity contribution in [3.05, 3.63) is 35.6 Å². The van der Waals surface area contributed by atoms with Crippen LogP contribution in [-0.4, -0.2) is 78.9 Å². The van der Waals surface area contributed by atoms with Crippen molar-refractivity contribution in [3.8, 4) is 0 Å². The van der Waals surface area contributed by atoms with Crippen LogP contribution in [0.15, 0.2) is 24.3 Å². The Morgan fingerprint density at radius 1 is 0.966 bits per heavy atom. The van der Waals surface area contributed by atoms with E-state index in [0.29, 0.717) is 31.5 Å². The fraction of sp³-hybridized carbons (Fsp3) is 0.636. The SMILES string of the molecule is C[C@H]1C[C@H](C)CN(C(=O)CN2CCN(CC(=O)NCc3ccc(F)cc3)CC2)C1. The molecular formula is C22H33FN4O2. The molecule has 3 rings (SSSR count). The number of carbonyl (C=O) groups is 2. The standard InChI is InChI=1S/C22H33FN4O2/c1-17-11-18(2)14-27(13-17)22(29)16-26-9-7-25(8-10-26)15-21(28)24-12-19-3-5-20(23)6-4-19/h3-6,17-18H,7-16H2,1-2H3,(H,24,28)/t17-,18-/m0/s1. The number of halogens is 1. The third kappa shape index (κ3) is 6.78. The molecular weight excluding hydrogens is 371 g/mol. The first-order valence-corrected chi connectivity index (χ1v) is 10.6. The molecule has 1 N–H and O–H groups in total. The van der Waals surface area contributed by atoms with Crippen molar-refractivity contribution in [2.45, 2.75) is 26.8 Å². The highest BCUT2D eigenvalue weighted by Gasteiger charge is 2.27. The van der Waals surface area contributed by atoms with Gasteiger partial charge in [0.25, 0.3) is 0 Å². The Balaban J connectivity index is 1.35. The lowest BCUT2D eigenvalue weighted by Crippen LogP contribution is -2.53. The molecule has 0 saturated carbocycles. The number of piperazine rings is 1. The average molecular weight is 405 g/mol. The van der Waals surface area contributed by atoms with Gasteiger partial charge in [-0.05, 0) is 36.0 Å². The number of piperidine rings is 1. The van der Waals surface area contributed by atoms with Crippen LogP contribution in [0, 0.1) is 17.7 Å². The van der Waals surface area contributed by atoms with Crippen LogP contribution in [0.25, 0.3) is 0 Å². The first kappa shape index (κ1) is 21.7. The van der Waals surface area contributed by atoms with Crippen molar-refractivity contribution >= 4 is 11.8 Å². The molecule has 2 aliphatic heterocycles. The summed E-state index contributed by atoms with van der Waals surface area (Å²) in [5, 5.41) is 2.88. The van der Waals surface area contributed by atoms with E-state index in [1.807, 2.05) is 4.90 Å². The zero-order valence-electron chi connectivity index (χ0n) is 17.6. The van der Waals surface area contributed by atoms with E-state index in [1.54, 1.807) is 12.1 Å². The molecule has 0 bridgehead atoms. The molecule has 0 aromatic heterocycles. The first-order chi connectivity index (χ1) is 13.9. The summed E-state index contributed by atoms with van der Waals surface area (Å²) in [7, 11) is 0. The lowest BCUT2D eigenvalue weighted by atomic mass is 9.92. The van der Waals surface area contributed by atoms with E-state index in [2.05, 4.69) is 29.0 Å². The number of rotatable bonds is 6. The molecule has 0 radical (unpaired) electrons. The number of nitrogens with zero attached hydrogens (tertiary/aromatic N) is 3. The summed E-state index contributed by atoms with van der Waals surface area (Å²) < 4.78 is 12.9. The molecule has 0 aliphatic carbocycles. The predicted molar refractivity (Wildman–Crippen MR) is 111 cm³/mol. The van der Waals surface area contributed by atoms with E-state index in [4.69, 9.17) is 0 Å². The topological polar surface area (TPSA) is 55.9 Å². The Bertz CT molecular complexity index is 679. The van der Waals surface area contributed by atoms with Gasteiger partial charge in [-0.15, -0.1) is 0 Å². The molecule has 7 heteroatoms. The summed E-state index contributed by atoms with van der Waals surface area (Å²) in [6.07, 6.45) is 1.20. The monoisotopic (exact) mass is 404 g/mol. The van der Waals surface area contributed by atoms with Gasteiger partial charge < -0.3 is 10.2 Å². The van der Waals surface area contributed by atoms with Gasteiger partial charge in [0.05, 0.1) is 13.1 Å². The fourth-order valence-electron chi connectivity index (χ4n) is 4.33. The normalized spacial score (nSPS) is 23.8. The highest BCUT2D eigenvalue weighted by atomic mass is 19.1. The van der Waals surface area contributed by atoms with E-state index in [1.165, 1.54) is 18.6 Å². The third-order valence-corrected chi connectivity index (χ3v) is 5.82. The Morgan fingerprint density at radius 3 is 2.10 bits per heavy atom. The molecule has 2 atom stereocenters. The van der Waals surface area contributed by atoms with Crippen molar-refractivity contribution in [2.24, 2.45) is 11.8 Å². The second-order valence-electron chi connectivity index (χ2n) is 8.70. The predicted octanol–water partition coefficient (Wildman–Crippen LogP) is 1.56. The Hall–Kier alpha value is -1.99. The number of carbonyl (C=O) groups excluding carboxylic acids is 2. The van der Waals surface area contributed by atoms with Gasteiger partial charge >= 0.3 is 0 Å². The Labute approximate surface area is 173 Å². The molecule has 2 saturated heterocycles. The van der Waals surface area contributed by atoms with E-state index in [9.17, 15) is 14.0 Å². The van der Waals surface area contributed by atoms with Gasteiger partial charge in [-0.3, -0.25) is 19.4 Å². The number of benzene rings is 1. The van der Waals surface area contributed by atoms with Crippen LogP contribution in [0.5, 0.6) is 0 Å². The quantitative estimate of drug-likeness (QED) is 0.782. The second-order valence-corrected chi connectivity index (χ2v) is 8.70. The molecule has 1 aromatic carbocycles. The Morgan fingerprint density at radius 2 is 1.52 bits per heavy atom. The average Bonchev–Trinajstić information content (AvgIpc) is 2.68. The minimum atomic E-state index is -0.277. The van der Waals surface area contributed by atoms with E-state index in [0.717, 1.165) is 44.8 Å². The molecule has 29 heavy (non-hydrogen) atoms. The summed E-state index contributed by atoms with van der Waals surface area (Å²) in [6.45, 7) is 10.6. The van der Waals surface area contributed by atoms with Crippen molar-refractivity contribution in [3.63, 3.8) is 0 Å². The number of likely N-dealkylation sites (tertiary alicyclic amines) is 1. The van der Waals surface area contributed by atoms with Crippen LogP contribution in [0.4, 0.5) is 4.39 Å². The second kappa shape index (κ2) is 10.2. The largest absolute Gasteiger partial charge is 0.351 e. The van der Waals surface area contributed by atoms with Crippen LogP contribution >= 0.6 is 0 Å². The van der Waals surface area contributed by atoms with Crippen LogP contribution in [0.3, 0.4) is 0 Å². The summed E-state index contributed by atoms with van der Waals surface area (Å²) in [6, 6.07) is 6.14. The van der Waals surface area contributed by atoms with Gasteiger partial charge in [-0.25, -0.2) is 4.39 Å². The fourth-order valence-corrected chi connectivity index (χ4v) is 4.33. The van der Waals surface area contributed by atoms with Gasteiger partial charge in [0.1, 0.15) is 5.82 Å². The van der Waals surface area contributed by atoms with Gasteiger partial charge in [0.15, 0.2) is 0 Å². The smallest absolute Gasteiger partial charge is 0.236 e. The lowest BCUT2D eigenvalue weighted by Gasteiger charge is -2.38. The van der Waals surface area contributed by atoms with Gasteiger partial charge in [-0.2, -0.15) is 0 Å². The minimum absolute atomic E-state index is 0.0323. The maximum Gasteiger partial charge on any atom is 0.236 e. The van der Waals surface area contributed by atoms with Gasteiger partial charge in [0.2, 0.25) is 11.8 Å². The molecule has 0 unspecified atom stereocenters. The molecule has 160 valence electrons. The highest BCUT2D eigenvalue weighted by Crippen LogP contribution is 2.21. The highest BCUT2D eigenvalue weighted by molar-refractivity contribution is 5.78. The maximum absolute atomic E-state index is 12.9. The molecule has 2 amide bonds. The van der Waals surface area contributed by atoms with Crippen LogP contribution in [0.2, 0.25) is 0 Å². The number of hydrogen-bond acceptors (Lipinski definition) is 4. The molecule has 2 fully saturated rings. The minimum Gasteiger partial charge on any atom is -0.351 e. The summed E-state index contributed by atoms with van der Waals surface area (Å²) in [5.74, 6) is 1.07. The zero-order valence-corrected chi connectivity index (χ0v) is 17.6. The van der Waals surface area contributed by atoms with Gasteiger partial charge in [-0.1, -0.05) is 26.0 Å². The van der Waals surface area contributed by atoms with Gasteiger partial charge in [0, 0.05) is 45.8 Å². The summed E-state index contributed by atoms with van der Waals surface area (Å²) in [5.41, 5.74) is 0.879. The lowest BCUT2D eigenvalue weighted by molar-refractivity contribution is -0.135. The van der Waals surface area contributed by atoms with Crippen LogP contribution < -0.4 is 5.32 Å². The molecule has 0 spiro atoms. The molecule has 2 aliphatic rings. The third-order valence-electron chi connectivity index (χ3n) is 5.82. The van der Waals surface area contributed by atoms with Crippen molar-refractivity contribution in [2.75, 3.05) is 52.4 Å². The van der Waals surface area contributed by atoms with E-state index >= 15 is 0 Å². The molecule has 6 nitrogen and oxygen atoms in total. The Kier molecular flexibility index (Phi) is 7.61. The zero-order chi connectivity index (χ0) is 20.8. The van der Waals surface area contributed by atoms with E-state index in [-0.39, 0.29) is 17.6 Å². The van der Waals surface area contributed by atoms with E-state index < -0.39 is 0 Å². The summed E-state index contributed by atoms with van der Waals surface area (Å²) in [4.78, 5) is 31.2. The first-order valence-electron chi connectivity index (χ1n) is 10.6. The molecule has 2 heterocycles. The van der Waals surface area contributed by atoms with Crippen molar-refractivity contribution in [1.29, 1.82) is 0 Å². The number of nitrogens with one attached hydrogen (secondary N) is 1. The number of amides is 2. The summed E-state index contributed by atoms with van der Waals surface area (Å²) >= 11 is 0. The van der Waals surface area contributed by atoms with Crippen molar-refractivity contribution in [1.82, 2.24) is 20.0 Å². The number of hydrogen-bond donors (Lipinski definition) is 1. The van der Waals surface area contributed by atoms with Crippen molar-refractivity contribution < 1.29 is 14.0 Å². The maximum atomic E-state index is 12.9. The van der Waals surface area contributed by atoms with Crippen LogP contribution in [-0.2, 0) is 16.1 Å². The molecule has 1 aromatic rings. The van der Waals surface area contributed by atoms with Crippen LogP contribution in [0.1, 0.15) is 25.8 Å².